The molecule has 7 heteroatoms. The van der Waals surface area contributed by atoms with Gasteiger partial charge in [0.2, 0.25) is 11.6 Å². The first kappa shape index (κ1) is 14.7. The molecule has 0 saturated carbocycles. The molecule has 1 N–H and O–H groups in total. The van der Waals surface area contributed by atoms with Crippen molar-refractivity contribution in [1.82, 2.24) is 24.7 Å². The highest BCUT2D eigenvalue weighted by molar-refractivity contribution is 5.78. The van der Waals surface area contributed by atoms with E-state index in [9.17, 15) is 4.79 Å². The topological polar surface area (TPSA) is 75.4 Å². The number of rotatable bonds is 5. The van der Waals surface area contributed by atoms with Gasteiger partial charge in [-0.3, -0.25) is 4.79 Å². The number of hydrogen-bond acceptors (Lipinski definition) is 5. The standard InChI is InChI=1S/C15H22N6O/c1-10(2)12-8-13(15-18-17-9-21(15)19-12)16-7-6-11-4-5-14(22)20(11)3/h8-11,16H,4-7H2,1-3H3. The first-order chi connectivity index (χ1) is 10.6. The summed E-state index contributed by atoms with van der Waals surface area (Å²) in [6.45, 7) is 5.02. The third-order valence-corrected chi connectivity index (χ3v) is 4.30. The van der Waals surface area contributed by atoms with E-state index in [2.05, 4.69) is 34.5 Å². The monoisotopic (exact) mass is 302 g/mol. The molecule has 1 saturated heterocycles. The number of anilines is 1. The van der Waals surface area contributed by atoms with Crippen LogP contribution in [-0.2, 0) is 4.79 Å². The van der Waals surface area contributed by atoms with E-state index in [1.165, 1.54) is 0 Å². The van der Waals surface area contributed by atoms with E-state index in [-0.39, 0.29) is 5.91 Å². The van der Waals surface area contributed by atoms with Crippen molar-refractivity contribution in [3.8, 4) is 0 Å². The average molecular weight is 302 g/mol. The number of hydrogen-bond donors (Lipinski definition) is 1. The number of carbonyl (C=O) groups is 1. The summed E-state index contributed by atoms with van der Waals surface area (Å²) >= 11 is 0. The minimum atomic E-state index is 0.246. The highest BCUT2D eigenvalue weighted by Crippen LogP contribution is 2.22. The second-order valence-electron chi connectivity index (χ2n) is 6.15. The van der Waals surface area contributed by atoms with Gasteiger partial charge in [-0.25, -0.2) is 0 Å². The summed E-state index contributed by atoms with van der Waals surface area (Å²) in [5, 5.41) is 16.0. The molecule has 1 unspecified atom stereocenters. The van der Waals surface area contributed by atoms with E-state index in [1.54, 1.807) is 10.8 Å². The summed E-state index contributed by atoms with van der Waals surface area (Å²) in [7, 11) is 1.89. The van der Waals surface area contributed by atoms with Gasteiger partial charge in [-0.2, -0.15) is 9.61 Å². The lowest BCUT2D eigenvalue weighted by Gasteiger charge is -2.20. The Bertz CT molecular complexity index is 680. The van der Waals surface area contributed by atoms with Crippen LogP contribution in [0.15, 0.2) is 12.4 Å². The third kappa shape index (κ3) is 2.75. The number of carbonyl (C=O) groups excluding carboxylic acids is 1. The summed E-state index contributed by atoms with van der Waals surface area (Å²) in [4.78, 5) is 13.4. The second kappa shape index (κ2) is 5.90. The SMILES string of the molecule is CC(C)c1cc(NCCC2CCC(=O)N2C)c2nncn2n1. The molecule has 0 spiro atoms. The van der Waals surface area contributed by atoms with Crippen LogP contribution in [0.4, 0.5) is 5.69 Å². The van der Waals surface area contributed by atoms with Gasteiger partial charge in [0.05, 0.1) is 11.4 Å². The van der Waals surface area contributed by atoms with Crippen LogP contribution < -0.4 is 5.32 Å². The zero-order valence-electron chi connectivity index (χ0n) is 13.3. The molecule has 0 aromatic carbocycles. The molecule has 2 aromatic rings. The van der Waals surface area contributed by atoms with Crippen molar-refractivity contribution in [3.05, 3.63) is 18.1 Å². The van der Waals surface area contributed by atoms with Crippen LogP contribution in [-0.4, -0.2) is 50.3 Å². The number of aromatic nitrogens is 4. The van der Waals surface area contributed by atoms with Crippen LogP contribution in [0.2, 0.25) is 0 Å². The average Bonchev–Trinajstić information content (AvgIpc) is 3.08. The quantitative estimate of drug-likeness (QED) is 0.909. The maximum Gasteiger partial charge on any atom is 0.222 e. The second-order valence-corrected chi connectivity index (χ2v) is 6.15. The number of amides is 1. The lowest BCUT2D eigenvalue weighted by Crippen LogP contribution is -2.30. The summed E-state index contributed by atoms with van der Waals surface area (Å²) in [6.07, 6.45) is 4.17. The van der Waals surface area contributed by atoms with Crippen molar-refractivity contribution in [2.45, 2.75) is 45.1 Å². The molecule has 0 bridgehead atoms. The van der Waals surface area contributed by atoms with Crippen molar-refractivity contribution in [2.75, 3.05) is 18.9 Å². The molecule has 2 aromatic heterocycles. The zero-order valence-corrected chi connectivity index (χ0v) is 13.3. The molecule has 1 aliphatic rings. The first-order valence-corrected chi connectivity index (χ1v) is 7.76. The Hall–Kier alpha value is -2.18. The lowest BCUT2D eigenvalue weighted by molar-refractivity contribution is -0.127. The molecule has 1 atom stereocenters. The predicted octanol–water partition coefficient (Wildman–Crippen LogP) is 1.67. The number of likely N-dealkylation sites (tertiary alicyclic amines) is 1. The molecular weight excluding hydrogens is 280 g/mol. The van der Waals surface area contributed by atoms with Gasteiger partial charge in [0, 0.05) is 26.1 Å². The Morgan fingerprint density at radius 1 is 1.45 bits per heavy atom. The van der Waals surface area contributed by atoms with Gasteiger partial charge >= 0.3 is 0 Å². The van der Waals surface area contributed by atoms with E-state index < -0.39 is 0 Å². The van der Waals surface area contributed by atoms with Crippen LogP contribution in [0.1, 0.15) is 44.7 Å². The summed E-state index contributed by atoms with van der Waals surface area (Å²) < 4.78 is 1.71. The Morgan fingerprint density at radius 2 is 2.27 bits per heavy atom. The molecule has 3 heterocycles. The highest BCUT2D eigenvalue weighted by atomic mass is 16.2. The van der Waals surface area contributed by atoms with Crippen LogP contribution in [0.5, 0.6) is 0 Å². The molecule has 118 valence electrons. The van der Waals surface area contributed by atoms with Crippen LogP contribution in [0.25, 0.3) is 5.65 Å². The Morgan fingerprint density at radius 3 is 2.95 bits per heavy atom. The third-order valence-electron chi connectivity index (χ3n) is 4.30. The molecule has 1 aliphatic heterocycles. The summed E-state index contributed by atoms with van der Waals surface area (Å²) in [5.74, 6) is 0.585. The predicted molar refractivity (Wildman–Crippen MR) is 83.8 cm³/mol. The first-order valence-electron chi connectivity index (χ1n) is 7.76. The number of fused-ring (bicyclic) bond motifs is 1. The summed E-state index contributed by atoms with van der Waals surface area (Å²) in [5.41, 5.74) is 2.69. The van der Waals surface area contributed by atoms with Gasteiger partial charge in [0.25, 0.3) is 0 Å². The van der Waals surface area contributed by atoms with E-state index in [0.29, 0.717) is 18.4 Å². The van der Waals surface area contributed by atoms with Crippen molar-refractivity contribution < 1.29 is 4.79 Å². The smallest absolute Gasteiger partial charge is 0.222 e. The molecule has 0 radical (unpaired) electrons. The van der Waals surface area contributed by atoms with E-state index in [4.69, 9.17) is 0 Å². The minimum Gasteiger partial charge on any atom is -0.382 e. The highest BCUT2D eigenvalue weighted by Gasteiger charge is 2.26. The maximum absolute atomic E-state index is 11.6. The Balaban J connectivity index is 1.70. The maximum atomic E-state index is 11.6. The molecule has 1 amide bonds. The number of nitrogens with zero attached hydrogens (tertiary/aromatic N) is 5. The molecule has 1 fully saturated rings. The van der Waals surface area contributed by atoms with Crippen LogP contribution in [0, 0.1) is 0 Å². The molecule has 3 rings (SSSR count). The van der Waals surface area contributed by atoms with Crippen LogP contribution in [0.3, 0.4) is 0 Å². The normalized spacial score (nSPS) is 18.6. The molecular formula is C15H22N6O. The van der Waals surface area contributed by atoms with Crippen molar-refractivity contribution in [1.29, 1.82) is 0 Å². The minimum absolute atomic E-state index is 0.246. The molecule has 0 aliphatic carbocycles. The van der Waals surface area contributed by atoms with Crippen molar-refractivity contribution >= 4 is 17.2 Å². The Kier molecular flexibility index (Phi) is 3.96. The van der Waals surface area contributed by atoms with E-state index >= 15 is 0 Å². The number of nitrogens with one attached hydrogen (secondary N) is 1. The van der Waals surface area contributed by atoms with Crippen molar-refractivity contribution in [3.63, 3.8) is 0 Å². The van der Waals surface area contributed by atoms with E-state index in [0.717, 1.165) is 36.4 Å². The molecule has 22 heavy (non-hydrogen) atoms. The van der Waals surface area contributed by atoms with Gasteiger partial charge in [-0.1, -0.05) is 13.8 Å². The fraction of sp³-hybridized carbons (Fsp3) is 0.600. The van der Waals surface area contributed by atoms with Gasteiger partial charge in [-0.05, 0) is 24.8 Å². The van der Waals surface area contributed by atoms with Gasteiger partial charge in [0.1, 0.15) is 6.33 Å². The van der Waals surface area contributed by atoms with Gasteiger partial charge < -0.3 is 10.2 Å². The van der Waals surface area contributed by atoms with Crippen LogP contribution >= 0.6 is 0 Å². The van der Waals surface area contributed by atoms with Gasteiger partial charge in [0.15, 0.2) is 0 Å². The fourth-order valence-corrected chi connectivity index (χ4v) is 2.83. The van der Waals surface area contributed by atoms with Crippen molar-refractivity contribution in [2.24, 2.45) is 0 Å². The van der Waals surface area contributed by atoms with E-state index in [1.807, 2.05) is 18.0 Å². The summed E-state index contributed by atoms with van der Waals surface area (Å²) in [6, 6.07) is 2.37. The fourth-order valence-electron chi connectivity index (χ4n) is 2.83. The van der Waals surface area contributed by atoms with Gasteiger partial charge in [-0.15, -0.1) is 10.2 Å². The Labute approximate surface area is 129 Å². The zero-order chi connectivity index (χ0) is 15.7. The molecule has 7 nitrogen and oxygen atoms in total. The lowest BCUT2D eigenvalue weighted by atomic mass is 10.1. The largest absolute Gasteiger partial charge is 0.382 e.